The van der Waals surface area contributed by atoms with Crippen LogP contribution in [0.25, 0.3) is 0 Å². The molecular weight excluding hydrogens is 178 g/mol. The summed E-state index contributed by atoms with van der Waals surface area (Å²) in [5.41, 5.74) is 0. The first kappa shape index (κ1) is 11.5. The summed E-state index contributed by atoms with van der Waals surface area (Å²) >= 11 is 0. The first-order valence-corrected chi connectivity index (χ1v) is 5.32. The minimum atomic E-state index is 0.0986. The molecule has 82 valence electrons. The van der Waals surface area contributed by atoms with Crippen LogP contribution in [0.3, 0.4) is 0 Å². The van der Waals surface area contributed by atoms with E-state index in [9.17, 15) is 4.79 Å². The fourth-order valence-electron chi connectivity index (χ4n) is 1.89. The zero-order valence-corrected chi connectivity index (χ0v) is 9.18. The summed E-state index contributed by atoms with van der Waals surface area (Å²) in [5, 5.41) is 5.98. The van der Waals surface area contributed by atoms with Crippen molar-refractivity contribution in [2.45, 2.75) is 12.8 Å². The molecule has 1 amide bonds. The van der Waals surface area contributed by atoms with E-state index in [4.69, 9.17) is 0 Å². The smallest absolute Gasteiger partial charge is 0.233 e. The summed E-state index contributed by atoms with van der Waals surface area (Å²) in [7, 11) is 3.69. The van der Waals surface area contributed by atoms with E-state index in [1.165, 1.54) is 12.8 Å². The van der Waals surface area contributed by atoms with Crippen molar-refractivity contribution in [2.24, 2.45) is 5.92 Å². The second-order valence-corrected chi connectivity index (χ2v) is 4.06. The van der Waals surface area contributed by atoms with Gasteiger partial charge in [-0.2, -0.15) is 0 Å². The third kappa shape index (κ3) is 4.07. The Hall–Kier alpha value is -0.610. The van der Waals surface area contributed by atoms with Crippen molar-refractivity contribution in [2.75, 3.05) is 40.3 Å². The number of hydrogen-bond donors (Lipinski definition) is 2. The van der Waals surface area contributed by atoms with Crippen molar-refractivity contribution in [3.8, 4) is 0 Å². The van der Waals surface area contributed by atoms with Gasteiger partial charge < -0.3 is 10.6 Å². The molecule has 0 unspecified atom stereocenters. The lowest BCUT2D eigenvalue weighted by molar-refractivity contribution is -0.121. The SMILES string of the molecule is CNC(=O)CN(C)CC1CCNCC1. The maximum atomic E-state index is 11.1. The van der Waals surface area contributed by atoms with E-state index in [2.05, 4.69) is 15.5 Å². The fourth-order valence-corrected chi connectivity index (χ4v) is 1.89. The van der Waals surface area contributed by atoms with E-state index in [0.717, 1.165) is 25.6 Å². The lowest BCUT2D eigenvalue weighted by Gasteiger charge is -2.26. The van der Waals surface area contributed by atoms with Gasteiger partial charge in [-0.25, -0.2) is 0 Å². The van der Waals surface area contributed by atoms with Crippen LogP contribution in [-0.2, 0) is 4.79 Å². The molecule has 2 N–H and O–H groups in total. The van der Waals surface area contributed by atoms with Gasteiger partial charge in [0.1, 0.15) is 0 Å². The number of nitrogens with one attached hydrogen (secondary N) is 2. The summed E-state index contributed by atoms with van der Waals surface area (Å²) in [4.78, 5) is 13.2. The van der Waals surface area contributed by atoms with Crippen molar-refractivity contribution >= 4 is 5.91 Å². The average molecular weight is 199 g/mol. The fraction of sp³-hybridized carbons (Fsp3) is 0.900. The maximum absolute atomic E-state index is 11.1. The predicted molar refractivity (Wildman–Crippen MR) is 57.2 cm³/mol. The predicted octanol–water partition coefficient (Wildman–Crippen LogP) is -0.336. The van der Waals surface area contributed by atoms with E-state index in [-0.39, 0.29) is 5.91 Å². The van der Waals surface area contributed by atoms with Crippen molar-refractivity contribution in [3.63, 3.8) is 0 Å². The Morgan fingerprint density at radius 2 is 2.14 bits per heavy atom. The van der Waals surface area contributed by atoms with Crippen molar-refractivity contribution < 1.29 is 4.79 Å². The first-order valence-electron chi connectivity index (χ1n) is 5.32. The molecule has 1 aliphatic rings. The zero-order valence-electron chi connectivity index (χ0n) is 9.18. The Bertz CT molecular complexity index is 178. The first-order chi connectivity index (χ1) is 6.72. The van der Waals surface area contributed by atoms with Crippen LogP contribution in [0.1, 0.15) is 12.8 Å². The molecule has 0 saturated carbocycles. The number of likely N-dealkylation sites (N-methyl/N-ethyl adjacent to an activating group) is 2. The molecule has 4 nitrogen and oxygen atoms in total. The standard InChI is InChI=1S/C10H21N3O/c1-11-10(14)8-13(2)7-9-3-5-12-6-4-9/h9,12H,3-8H2,1-2H3,(H,11,14). The molecule has 1 heterocycles. The summed E-state index contributed by atoms with van der Waals surface area (Å²) in [6.07, 6.45) is 2.47. The minimum Gasteiger partial charge on any atom is -0.358 e. The second kappa shape index (κ2) is 5.98. The third-order valence-electron chi connectivity index (χ3n) is 2.72. The molecule has 0 radical (unpaired) electrons. The molecule has 4 heteroatoms. The van der Waals surface area contributed by atoms with Crippen LogP contribution in [0.4, 0.5) is 0 Å². The van der Waals surface area contributed by atoms with E-state index in [1.54, 1.807) is 7.05 Å². The Morgan fingerprint density at radius 3 is 2.71 bits per heavy atom. The number of carbonyl (C=O) groups is 1. The molecule has 14 heavy (non-hydrogen) atoms. The highest BCUT2D eigenvalue weighted by Gasteiger charge is 2.15. The Balaban J connectivity index is 2.18. The third-order valence-corrected chi connectivity index (χ3v) is 2.72. The molecule has 1 saturated heterocycles. The second-order valence-electron chi connectivity index (χ2n) is 4.06. The monoisotopic (exact) mass is 199 g/mol. The number of carbonyl (C=O) groups excluding carboxylic acids is 1. The normalized spacial score (nSPS) is 18.5. The highest BCUT2D eigenvalue weighted by molar-refractivity contribution is 5.77. The number of amides is 1. The van der Waals surface area contributed by atoms with E-state index in [0.29, 0.717) is 6.54 Å². The van der Waals surface area contributed by atoms with E-state index >= 15 is 0 Å². The van der Waals surface area contributed by atoms with Gasteiger partial charge in [0, 0.05) is 13.6 Å². The van der Waals surface area contributed by atoms with Gasteiger partial charge in [0.25, 0.3) is 0 Å². The quantitative estimate of drug-likeness (QED) is 0.651. The molecule has 1 aliphatic heterocycles. The molecular formula is C10H21N3O. The largest absolute Gasteiger partial charge is 0.358 e. The summed E-state index contributed by atoms with van der Waals surface area (Å²) in [6.45, 7) is 3.80. The van der Waals surface area contributed by atoms with Gasteiger partial charge >= 0.3 is 0 Å². The van der Waals surface area contributed by atoms with E-state index < -0.39 is 0 Å². The van der Waals surface area contributed by atoms with Crippen LogP contribution in [0.15, 0.2) is 0 Å². The molecule has 1 rings (SSSR count). The molecule has 0 aromatic carbocycles. The lowest BCUT2D eigenvalue weighted by Crippen LogP contribution is -2.38. The lowest BCUT2D eigenvalue weighted by atomic mass is 9.98. The van der Waals surface area contributed by atoms with Crippen LogP contribution in [0.2, 0.25) is 0 Å². The Labute approximate surface area is 86.0 Å². The van der Waals surface area contributed by atoms with Gasteiger partial charge in [-0.1, -0.05) is 0 Å². The van der Waals surface area contributed by atoms with Crippen LogP contribution >= 0.6 is 0 Å². The summed E-state index contributed by atoms with van der Waals surface area (Å²) in [5.74, 6) is 0.854. The summed E-state index contributed by atoms with van der Waals surface area (Å²) in [6, 6.07) is 0. The van der Waals surface area contributed by atoms with Gasteiger partial charge in [-0.3, -0.25) is 9.69 Å². The topological polar surface area (TPSA) is 44.4 Å². The number of hydrogen-bond acceptors (Lipinski definition) is 3. The molecule has 0 spiro atoms. The van der Waals surface area contributed by atoms with Crippen LogP contribution in [0, 0.1) is 5.92 Å². The Morgan fingerprint density at radius 1 is 1.50 bits per heavy atom. The molecule has 0 bridgehead atoms. The summed E-state index contributed by atoms with van der Waals surface area (Å²) < 4.78 is 0. The van der Waals surface area contributed by atoms with Gasteiger partial charge in [0.05, 0.1) is 6.54 Å². The molecule has 0 aromatic rings. The number of nitrogens with zero attached hydrogens (tertiary/aromatic N) is 1. The molecule has 0 atom stereocenters. The number of piperidine rings is 1. The zero-order chi connectivity index (χ0) is 10.4. The van der Waals surface area contributed by atoms with Gasteiger partial charge in [-0.15, -0.1) is 0 Å². The highest BCUT2D eigenvalue weighted by atomic mass is 16.1. The molecule has 0 aromatic heterocycles. The highest BCUT2D eigenvalue weighted by Crippen LogP contribution is 2.12. The van der Waals surface area contributed by atoms with Crippen LogP contribution in [0.5, 0.6) is 0 Å². The average Bonchev–Trinajstić information content (AvgIpc) is 2.19. The van der Waals surface area contributed by atoms with E-state index in [1.807, 2.05) is 7.05 Å². The van der Waals surface area contributed by atoms with Crippen molar-refractivity contribution in [1.29, 1.82) is 0 Å². The van der Waals surface area contributed by atoms with Gasteiger partial charge in [0.15, 0.2) is 0 Å². The van der Waals surface area contributed by atoms with Crippen molar-refractivity contribution in [3.05, 3.63) is 0 Å². The van der Waals surface area contributed by atoms with Crippen LogP contribution in [-0.4, -0.2) is 51.1 Å². The van der Waals surface area contributed by atoms with Gasteiger partial charge in [-0.05, 0) is 38.9 Å². The maximum Gasteiger partial charge on any atom is 0.233 e. The molecule has 0 aliphatic carbocycles. The minimum absolute atomic E-state index is 0.0986. The van der Waals surface area contributed by atoms with Gasteiger partial charge in [0.2, 0.25) is 5.91 Å². The number of rotatable bonds is 4. The molecule has 1 fully saturated rings. The van der Waals surface area contributed by atoms with Crippen molar-refractivity contribution in [1.82, 2.24) is 15.5 Å². The van der Waals surface area contributed by atoms with Crippen LogP contribution < -0.4 is 10.6 Å². The Kier molecular flexibility index (Phi) is 4.90.